The molecule has 0 atom stereocenters. The summed E-state index contributed by atoms with van der Waals surface area (Å²) in [4.78, 5) is 18.9. The van der Waals surface area contributed by atoms with E-state index in [0.29, 0.717) is 11.0 Å². The molecule has 1 heterocycles. The Bertz CT molecular complexity index is 514. The van der Waals surface area contributed by atoms with Crippen LogP contribution in [0.25, 0.3) is 11.0 Å². The van der Waals surface area contributed by atoms with E-state index >= 15 is 0 Å². The van der Waals surface area contributed by atoms with Crippen LogP contribution >= 0.6 is 0 Å². The van der Waals surface area contributed by atoms with Gasteiger partial charge in [0.15, 0.2) is 0 Å². The van der Waals surface area contributed by atoms with Gasteiger partial charge >= 0.3 is 6.43 Å². The summed E-state index contributed by atoms with van der Waals surface area (Å²) in [7, 11) is 0. The molecule has 0 amide bonds. The molecule has 0 fully saturated rings. The fourth-order valence-corrected chi connectivity index (χ4v) is 1.24. The summed E-state index contributed by atoms with van der Waals surface area (Å²) in [6.07, 6.45) is -0.0465. The molecule has 2 aromatic rings. The molecule has 0 saturated carbocycles. The summed E-state index contributed by atoms with van der Waals surface area (Å²) in [5, 5.41) is 0. The van der Waals surface area contributed by atoms with Crippen molar-refractivity contribution >= 4 is 16.8 Å². The van der Waals surface area contributed by atoms with Crippen molar-refractivity contribution in [3.63, 3.8) is 0 Å². The summed E-state index contributed by atoms with van der Waals surface area (Å²) in [5.74, 6) is -1.19. The summed E-state index contributed by atoms with van der Waals surface area (Å²) in [5.41, 5.74) is 0.963. The molecule has 0 unspecified atom stereocenters. The Morgan fingerprint density at radius 1 is 1.13 bits per heavy atom. The lowest BCUT2D eigenvalue weighted by Crippen LogP contribution is -2.09. The number of nitrogens with zero attached hydrogens (tertiary/aromatic N) is 2. The third-order valence-electron chi connectivity index (χ3n) is 1.95. The Balaban J connectivity index is 2.52. The lowest BCUT2D eigenvalue weighted by molar-refractivity contribution is 0.0679. The minimum absolute atomic E-state index is 0.0435. The molecule has 0 aliphatic rings. The van der Waals surface area contributed by atoms with Crippen LogP contribution < -0.4 is 0 Å². The first-order valence-electron chi connectivity index (χ1n) is 4.21. The zero-order valence-corrected chi connectivity index (χ0v) is 7.52. The average molecular weight is 208 g/mol. The van der Waals surface area contributed by atoms with Crippen molar-refractivity contribution < 1.29 is 13.6 Å². The van der Waals surface area contributed by atoms with Crippen molar-refractivity contribution in [3.05, 3.63) is 36.2 Å². The van der Waals surface area contributed by atoms with E-state index in [-0.39, 0.29) is 5.56 Å². The van der Waals surface area contributed by atoms with Crippen molar-refractivity contribution in [1.29, 1.82) is 0 Å². The van der Waals surface area contributed by atoms with E-state index in [1.165, 1.54) is 30.6 Å². The van der Waals surface area contributed by atoms with Crippen molar-refractivity contribution in [2.75, 3.05) is 0 Å². The van der Waals surface area contributed by atoms with Crippen LogP contribution in [-0.2, 0) is 0 Å². The SMILES string of the molecule is O=C(c1ccc2nccnc2c1)C(F)F. The first kappa shape index (κ1) is 9.64. The third kappa shape index (κ3) is 1.81. The molecule has 1 aromatic heterocycles. The number of hydrogen-bond donors (Lipinski definition) is 0. The second kappa shape index (κ2) is 3.68. The smallest absolute Gasteiger partial charge is 0.288 e. The minimum Gasteiger partial charge on any atom is -0.288 e. The molecule has 0 saturated heterocycles. The standard InChI is InChI=1S/C10H6F2N2O/c11-10(12)9(15)6-1-2-7-8(5-6)14-4-3-13-7/h1-5,10H. The van der Waals surface area contributed by atoms with Crippen molar-refractivity contribution in [2.24, 2.45) is 0 Å². The van der Waals surface area contributed by atoms with Gasteiger partial charge in [0.1, 0.15) is 0 Å². The number of fused-ring (bicyclic) bond motifs is 1. The fourth-order valence-electron chi connectivity index (χ4n) is 1.24. The maximum Gasteiger partial charge on any atom is 0.300 e. The molecular weight excluding hydrogens is 202 g/mol. The molecule has 76 valence electrons. The van der Waals surface area contributed by atoms with E-state index in [0.717, 1.165) is 0 Å². The lowest BCUT2D eigenvalue weighted by atomic mass is 10.1. The molecule has 0 aliphatic carbocycles. The van der Waals surface area contributed by atoms with Crippen LogP contribution in [0, 0.1) is 0 Å². The van der Waals surface area contributed by atoms with Gasteiger partial charge < -0.3 is 0 Å². The average Bonchev–Trinajstić information content (AvgIpc) is 2.27. The molecular formula is C10H6F2N2O. The maximum atomic E-state index is 12.1. The molecule has 0 aliphatic heterocycles. The summed E-state index contributed by atoms with van der Waals surface area (Å²) < 4.78 is 24.3. The highest BCUT2D eigenvalue weighted by molar-refractivity contribution is 6.00. The van der Waals surface area contributed by atoms with Crippen LogP contribution in [0.15, 0.2) is 30.6 Å². The van der Waals surface area contributed by atoms with E-state index in [9.17, 15) is 13.6 Å². The van der Waals surface area contributed by atoms with Crippen LogP contribution in [0.1, 0.15) is 10.4 Å². The van der Waals surface area contributed by atoms with Gasteiger partial charge in [0, 0.05) is 18.0 Å². The van der Waals surface area contributed by atoms with Crippen LogP contribution in [0.4, 0.5) is 8.78 Å². The van der Waals surface area contributed by atoms with Crippen molar-refractivity contribution in [3.8, 4) is 0 Å². The number of aromatic nitrogens is 2. The molecule has 0 bridgehead atoms. The topological polar surface area (TPSA) is 42.9 Å². The molecule has 1 aromatic carbocycles. The van der Waals surface area contributed by atoms with Gasteiger partial charge in [0.2, 0.25) is 5.78 Å². The highest BCUT2D eigenvalue weighted by Crippen LogP contribution is 2.13. The normalized spacial score (nSPS) is 10.9. The summed E-state index contributed by atoms with van der Waals surface area (Å²) >= 11 is 0. The molecule has 15 heavy (non-hydrogen) atoms. The van der Waals surface area contributed by atoms with E-state index in [1.807, 2.05) is 0 Å². The summed E-state index contributed by atoms with van der Waals surface area (Å²) in [6, 6.07) is 4.14. The first-order chi connectivity index (χ1) is 7.18. The molecule has 0 spiro atoms. The Hall–Kier alpha value is -1.91. The number of Topliss-reactive ketones (excluding diaryl/α,β-unsaturated/α-hetero) is 1. The van der Waals surface area contributed by atoms with Crippen molar-refractivity contribution in [2.45, 2.75) is 6.43 Å². The number of benzene rings is 1. The van der Waals surface area contributed by atoms with Crippen LogP contribution in [-0.4, -0.2) is 22.2 Å². The minimum atomic E-state index is -2.99. The number of rotatable bonds is 2. The van der Waals surface area contributed by atoms with Crippen molar-refractivity contribution in [1.82, 2.24) is 9.97 Å². The molecule has 3 nitrogen and oxygen atoms in total. The van der Waals surface area contributed by atoms with Gasteiger partial charge in [-0.1, -0.05) is 0 Å². The van der Waals surface area contributed by atoms with E-state index < -0.39 is 12.2 Å². The predicted octanol–water partition coefficient (Wildman–Crippen LogP) is 2.08. The predicted molar refractivity (Wildman–Crippen MR) is 49.9 cm³/mol. The second-order valence-electron chi connectivity index (χ2n) is 2.92. The van der Waals surface area contributed by atoms with Gasteiger partial charge in [-0.25, -0.2) is 8.78 Å². The zero-order valence-electron chi connectivity index (χ0n) is 7.52. The van der Waals surface area contributed by atoms with Gasteiger partial charge in [0.05, 0.1) is 11.0 Å². The highest BCUT2D eigenvalue weighted by atomic mass is 19.3. The molecule has 5 heteroatoms. The Morgan fingerprint density at radius 3 is 2.47 bits per heavy atom. The monoisotopic (exact) mass is 208 g/mol. The number of hydrogen-bond acceptors (Lipinski definition) is 3. The fraction of sp³-hybridized carbons (Fsp3) is 0.100. The third-order valence-corrected chi connectivity index (χ3v) is 1.95. The van der Waals surface area contributed by atoms with Crippen LogP contribution in [0.5, 0.6) is 0 Å². The molecule has 0 radical (unpaired) electrons. The first-order valence-corrected chi connectivity index (χ1v) is 4.21. The van der Waals surface area contributed by atoms with E-state index in [4.69, 9.17) is 0 Å². The Morgan fingerprint density at radius 2 is 1.80 bits per heavy atom. The zero-order chi connectivity index (χ0) is 10.8. The Labute approximate surface area is 83.8 Å². The van der Waals surface area contributed by atoms with Gasteiger partial charge in [-0.15, -0.1) is 0 Å². The number of alkyl halides is 2. The van der Waals surface area contributed by atoms with E-state index in [2.05, 4.69) is 9.97 Å². The second-order valence-corrected chi connectivity index (χ2v) is 2.92. The van der Waals surface area contributed by atoms with Gasteiger partial charge in [-0.05, 0) is 18.2 Å². The quantitative estimate of drug-likeness (QED) is 0.709. The number of ketones is 1. The lowest BCUT2D eigenvalue weighted by Gasteiger charge is -2.00. The number of carbonyl (C=O) groups excluding carboxylic acids is 1. The maximum absolute atomic E-state index is 12.1. The van der Waals surface area contributed by atoms with Gasteiger partial charge in [0.25, 0.3) is 0 Å². The van der Waals surface area contributed by atoms with Crippen LogP contribution in [0.2, 0.25) is 0 Å². The van der Waals surface area contributed by atoms with Crippen LogP contribution in [0.3, 0.4) is 0 Å². The Kier molecular flexibility index (Phi) is 2.37. The highest BCUT2D eigenvalue weighted by Gasteiger charge is 2.17. The number of halogens is 2. The largest absolute Gasteiger partial charge is 0.300 e. The molecule has 0 N–H and O–H groups in total. The molecule has 2 rings (SSSR count). The number of carbonyl (C=O) groups is 1. The summed E-state index contributed by atoms with van der Waals surface area (Å²) in [6.45, 7) is 0. The van der Waals surface area contributed by atoms with Gasteiger partial charge in [-0.2, -0.15) is 0 Å². The van der Waals surface area contributed by atoms with E-state index in [1.54, 1.807) is 0 Å². The van der Waals surface area contributed by atoms with Gasteiger partial charge in [-0.3, -0.25) is 14.8 Å².